The predicted octanol–water partition coefficient (Wildman–Crippen LogP) is 2.47. The maximum atomic E-state index is 13.6. The number of aromatic nitrogens is 1. The molecule has 0 fully saturated rings. The Bertz CT molecular complexity index is 561. The van der Waals surface area contributed by atoms with Gasteiger partial charge in [0.05, 0.1) is 6.04 Å². The lowest BCUT2D eigenvalue weighted by Crippen LogP contribution is -2.16. The van der Waals surface area contributed by atoms with Gasteiger partial charge in [-0.05, 0) is 42.7 Å². The maximum absolute atomic E-state index is 13.6. The number of halogens is 1. The number of nitrogens with two attached hydrogens (primary N) is 2. The third-order valence-electron chi connectivity index (χ3n) is 3.10. The van der Waals surface area contributed by atoms with E-state index in [1.165, 1.54) is 6.07 Å². The number of nitrogens with zero attached hydrogens (tertiary/aromatic N) is 1. The average Bonchev–Trinajstić information content (AvgIpc) is 2.32. The Labute approximate surface area is 106 Å². The van der Waals surface area contributed by atoms with E-state index in [9.17, 15) is 4.39 Å². The second-order valence-electron chi connectivity index (χ2n) is 4.41. The minimum absolute atomic E-state index is 0.261. The molecule has 0 radical (unpaired) electrons. The van der Waals surface area contributed by atoms with Crippen molar-refractivity contribution in [3.63, 3.8) is 0 Å². The van der Waals surface area contributed by atoms with Crippen molar-refractivity contribution in [3.05, 3.63) is 58.5 Å². The fraction of sp³-hybridized carbons (Fsp3) is 0.214. The number of pyridine rings is 1. The lowest BCUT2D eigenvalue weighted by molar-refractivity contribution is 0.614. The highest BCUT2D eigenvalue weighted by molar-refractivity contribution is 5.49. The summed E-state index contributed by atoms with van der Waals surface area (Å²) in [5.41, 5.74) is 15.0. The molecule has 1 aromatic carbocycles. The van der Waals surface area contributed by atoms with Crippen molar-refractivity contribution >= 4 is 5.82 Å². The number of aryl methyl sites for hydroxylation is 2. The van der Waals surface area contributed by atoms with E-state index in [1.807, 2.05) is 19.1 Å². The number of rotatable bonds is 2. The minimum Gasteiger partial charge on any atom is -0.383 e. The van der Waals surface area contributed by atoms with Gasteiger partial charge in [0.25, 0.3) is 0 Å². The molecule has 1 heterocycles. The Morgan fingerprint density at radius 1 is 1.17 bits per heavy atom. The molecular formula is C14H16FN3. The summed E-state index contributed by atoms with van der Waals surface area (Å²) >= 11 is 0. The van der Waals surface area contributed by atoms with Gasteiger partial charge in [-0.1, -0.05) is 12.1 Å². The molecule has 0 aliphatic heterocycles. The SMILES string of the molecule is Cc1ccc(C(N)c2c(C)ccnc2N)cc1F. The van der Waals surface area contributed by atoms with Gasteiger partial charge in [0.15, 0.2) is 0 Å². The summed E-state index contributed by atoms with van der Waals surface area (Å²) in [5.74, 6) is 0.131. The molecular weight excluding hydrogens is 229 g/mol. The summed E-state index contributed by atoms with van der Waals surface area (Å²) in [6.07, 6.45) is 1.64. The highest BCUT2D eigenvalue weighted by atomic mass is 19.1. The van der Waals surface area contributed by atoms with E-state index in [4.69, 9.17) is 11.5 Å². The normalized spacial score (nSPS) is 12.4. The number of hydrogen-bond acceptors (Lipinski definition) is 3. The lowest BCUT2D eigenvalue weighted by Gasteiger charge is -2.17. The van der Waals surface area contributed by atoms with Gasteiger partial charge in [-0.15, -0.1) is 0 Å². The first-order valence-electron chi connectivity index (χ1n) is 5.73. The summed E-state index contributed by atoms with van der Waals surface area (Å²) in [7, 11) is 0. The first kappa shape index (κ1) is 12.5. The van der Waals surface area contributed by atoms with Crippen molar-refractivity contribution in [1.82, 2.24) is 4.98 Å². The summed E-state index contributed by atoms with van der Waals surface area (Å²) in [5, 5.41) is 0. The van der Waals surface area contributed by atoms with Crippen LogP contribution in [0.4, 0.5) is 10.2 Å². The van der Waals surface area contributed by atoms with Crippen LogP contribution in [0.1, 0.15) is 28.3 Å². The lowest BCUT2D eigenvalue weighted by atomic mass is 9.96. The van der Waals surface area contributed by atoms with Crippen LogP contribution >= 0.6 is 0 Å². The van der Waals surface area contributed by atoms with Gasteiger partial charge in [-0.25, -0.2) is 9.37 Å². The van der Waals surface area contributed by atoms with Crippen LogP contribution in [0.15, 0.2) is 30.5 Å². The van der Waals surface area contributed by atoms with E-state index < -0.39 is 6.04 Å². The molecule has 2 rings (SSSR count). The molecule has 0 spiro atoms. The van der Waals surface area contributed by atoms with Crippen LogP contribution in [0.2, 0.25) is 0 Å². The molecule has 0 saturated carbocycles. The highest BCUT2D eigenvalue weighted by Gasteiger charge is 2.16. The van der Waals surface area contributed by atoms with Gasteiger partial charge >= 0.3 is 0 Å². The Morgan fingerprint density at radius 2 is 1.89 bits per heavy atom. The summed E-state index contributed by atoms with van der Waals surface area (Å²) < 4.78 is 13.6. The number of nitrogen functional groups attached to an aromatic ring is 1. The van der Waals surface area contributed by atoms with Crippen LogP contribution in [-0.4, -0.2) is 4.98 Å². The molecule has 3 nitrogen and oxygen atoms in total. The van der Waals surface area contributed by atoms with E-state index in [-0.39, 0.29) is 5.82 Å². The Balaban J connectivity index is 2.48. The van der Waals surface area contributed by atoms with Gasteiger partial charge in [0, 0.05) is 11.8 Å². The molecule has 0 aliphatic carbocycles. The maximum Gasteiger partial charge on any atom is 0.128 e. The topological polar surface area (TPSA) is 64.9 Å². The third-order valence-corrected chi connectivity index (χ3v) is 3.10. The van der Waals surface area contributed by atoms with E-state index in [1.54, 1.807) is 19.2 Å². The molecule has 0 aliphatic rings. The second-order valence-corrected chi connectivity index (χ2v) is 4.41. The predicted molar refractivity (Wildman–Crippen MR) is 70.6 cm³/mol. The molecule has 94 valence electrons. The molecule has 4 N–H and O–H groups in total. The zero-order valence-electron chi connectivity index (χ0n) is 10.4. The second kappa shape index (κ2) is 4.74. The fourth-order valence-electron chi connectivity index (χ4n) is 1.96. The van der Waals surface area contributed by atoms with Crippen molar-refractivity contribution in [3.8, 4) is 0 Å². The molecule has 0 amide bonds. The summed E-state index contributed by atoms with van der Waals surface area (Å²) in [6.45, 7) is 3.63. The van der Waals surface area contributed by atoms with Crippen LogP contribution in [-0.2, 0) is 0 Å². The Hall–Kier alpha value is -1.94. The first-order valence-corrected chi connectivity index (χ1v) is 5.73. The van der Waals surface area contributed by atoms with Crippen LogP contribution in [0.5, 0.6) is 0 Å². The molecule has 2 aromatic rings. The molecule has 1 unspecified atom stereocenters. The van der Waals surface area contributed by atoms with Crippen molar-refractivity contribution in [2.75, 3.05) is 5.73 Å². The van der Waals surface area contributed by atoms with E-state index in [0.29, 0.717) is 16.9 Å². The van der Waals surface area contributed by atoms with E-state index in [0.717, 1.165) is 11.1 Å². The van der Waals surface area contributed by atoms with Crippen molar-refractivity contribution in [2.45, 2.75) is 19.9 Å². The quantitative estimate of drug-likeness (QED) is 0.854. The molecule has 0 saturated heterocycles. The van der Waals surface area contributed by atoms with Crippen LogP contribution < -0.4 is 11.5 Å². The zero-order chi connectivity index (χ0) is 13.3. The number of hydrogen-bond donors (Lipinski definition) is 2. The molecule has 4 heteroatoms. The number of anilines is 1. The minimum atomic E-state index is -0.464. The van der Waals surface area contributed by atoms with E-state index in [2.05, 4.69) is 4.98 Å². The molecule has 1 atom stereocenters. The Kier molecular flexibility index (Phi) is 3.30. The largest absolute Gasteiger partial charge is 0.383 e. The summed E-state index contributed by atoms with van der Waals surface area (Å²) in [4.78, 5) is 4.03. The van der Waals surface area contributed by atoms with Crippen molar-refractivity contribution in [2.24, 2.45) is 5.73 Å². The van der Waals surface area contributed by atoms with Gasteiger partial charge in [-0.3, -0.25) is 0 Å². The van der Waals surface area contributed by atoms with Crippen LogP contribution in [0.3, 0.4) is 0 Å². The number of benzene rings is 1. The Morgan fingerprint density at radius 3 is 2.50 bits per heavy atom. The molecule has 0 bridgehead atoms. The van der Waals surface area contributed by atoms with Crippen LogP contribution in [0, 0.1) is 19.7 Å². The monoisotopic (exact) mass is 245 g/mol. The highest BCUT2D eigenvalue weighted by Crippen LogP contribution is 2.27. The van der Waals surface area contributed by atoms with Gasteiger partial charge in [-0.2, -0.15) is 0 Å². The van der Waals surface area contributed by atoms with Crippen LogP contribution in [0.25, 0.3) is 0 Å². The fourth-order valence-corrected chi connectivity index (χ4v) is 1.96. The summed E-state index contributed by atoms with van der Waals surface area (Å²) in [6, 6.07) is 6.36. The van der Waals surface area contributed by atoms with Crippen molar-refractivity contribution in [1.29, 1.82) is 0 Å². The van der Waals surface area contributed by atoms with Crippen molar-refractivity contribution < 1.29 is 4.39 Å². The molecule has 1 aromatic heterocycles. The van der Waals surface area contributed by atoms with Gasteiger partial charge in [0.1, 0.15) is 11.6 Å². The smallest absolute Gasteiger partial charge is 0.128 e. The first-order chi connectivity index (χ1) is 8.50. The average molecular weight is 245 g/mol. The molecule has 18 heavy (non-hydrogen) atoms. The van der Waals surface area contributed by atoms with E-state index >= 15 is 0 Å². The van der Waals surface area contributed by atoms with Gasteiger partial charge in [0.2, 0.25) is 0 Å². The van der Waals surface area contributed by atoms with Gasteiger partial charge < -0.3 is 11.5 Å². The third kappa shape index (κ3) is 2.19. The zero-order valence-corrected chi connectivity index (χ0v) is 10.4. The standard InChI is InChI=1S/C14H16FN3/c1-8-3-4-10(7-11(8)15)13(16)12-9(2)5-6-18-14(12)17/h3-7,13H,16H2,1-2H3,(H2,17,18).